The number of anilines is 2. The molecule has 0 aliphatic carbocycles. The molecular weight excluding hydrogens is 419 g/mol. The fourth-order valence-corrected chi connectivity index (χ4v) is 3.71. The summed E-state index contributed by atoms with van der Waals surface area (Å²) in [5.74, 6) is 0.638. The highest BCUT2D eigenvalue weighted by Crippen LogP contribution is 2.25. The number of aromatic nitrogens is 2. The first-order chi connectivity index (χ1) is 16.0. The van der Waals surface area contributed by atoms with Gasteiger partial charge in [-0.25, -0.2) is 14.4 Å². The van der Waals surface area contributed by atoms with Crippen molar-refractivity contribution in [1.82, 2.24) is 9.97 Å². The molecule has 6 nitrogen and oxygen atoms in total. The van der Waals surface area contributed by atoms with Crippen molar-refractivity contribution < 1.29 is 13.9 Å². The smallest absolute Gasteiger partial charge is 0.275 e. The molecule has 3 aromatic rings. The lowest BCUT2D eigenvalue weighted by atomic mass is 10.1. The third-order valence-electron chi connectivity index (χ3n) is 5.77. The number of rotatable bonds is 9. The van der Waals surface area contributed by atoms with Crippen LogP contribution in [-0.4, -0.2) is 35.1 Å². The molecule has 0 radical (unpaired) electrons. The lowest BCUT2D eigenvalue weighted by Crippen LogP contribution is -2.54. The Morgan fingerprint density at radius 2 is 1.91 bits per heavy atom. The molecule has 0 unspecified atom stereocenters. The molecule has 1 aliphatic rings. The summed E-state index contributed by atoms with van der Waals surface area (Å²) in [6.45, 7) is 5.34. The predicted octanol–water partition coefficient (Wildman–Crippen LogP) is 5.18. The number of carbonyl (C=O) groups is 1. The van der Waals surface area contributed by atoms with Crippen LogP contribution in [0.2, 0.25) is 0 Å². The van der Waals surface area contributed by atoms with Crippen LogP contribution in [0, 0.1) is 12.7 Å². The molecule has 1 N–H and O–H groups in total. The van der Waals surface area contributed by atoms with E-state index in [1.54, 1.807) is 12.3 Å². The Balaban J connectivity index is 1.27. The minimum atomic E-state index is -0.311. The first-order valence-electron chi connectivity index (χ1n) is 11.4. The highest BCUT2D eigenvalue weighted by atomic mass is 19.1. The standard InChI is InChI=1S/C26H29FN4O2/c1-3-4-5-6-19-8-11-21(12-9-19)30-26(32)23-14-29-25(15-28-23)31-16-22(17-31)33-24-13-20(27)10-7-18(24)2/h7-15,22H,3-6,16-17H2,1-2H3,(H,30,32). The monoisotopic (exact) mass is 448 g/mol. The van der Waals surface area contributed by atoms with Crippen LogP contribution in [-0.2, 0) is 6.42 Å². The van der Waals surface area contributed by atoms with E-state index >= 15 is 0 Å². The van der Waals surface area contributed by atoms with Crippen molar-refractivity contribution in [2.24, 2.45) is 0 Å². The average molecular weight is 449 g/mol. The van der Waals surface area contributed by atoms with E-state index in [4.69, 9.17) is 4.74 Å². The Bertz CT molecular complexity index is 1080. The van der Waals surface area contributed by atoms with Crippen molar-refractivity contribution in [3.63, 3.8) is 0 Å². The minimum absolute atomic E-state index is 0.0415. The van der Waals surface area contributed by atoms with Crippen molar-refractivity contribution in [3.05, 3.63) is 77.5 Å². The number of nitrogens with one attached hydrogen (secondary N) is 1. The van der Waals surface area contributed by atoms with E-state index in [9.17, 15) is 9.18 Å². The highest BCUT2D eigenvalue weighted by Gasteiger charge is 2.30. The third-order valence-corrected chi connectivity index (χ3v) is 5.77. The highest BCUT2D eigenvalue weighted by molar-refractivity contribution is 6.02. The maximum atomic E-state index is 13.4. The molecule has 7 heteroatoms. The maximum Gasteiger partial charge on any atom is 0.275 e. The topological polar surface area (TPSA) is 67.4 Å². The number of unbranched alkanes of at least 4 members (excludes halogenated alkanes) is 2. The molecule has 0 atom stereocenters. The number of ether oxygens (including phenoxy) is 1. The second kappa shape index (κ2) is 10.4. The molecule has 0 saturated carbocycles. The number of nitrogens with zero attached hydrogens (tertiary/aromatic N) is 3. The van der Waals surface area contributed by atoms with Crippen LogP contribution in [0.3, 0.4) is 0 Å². The van der Waals surface area contributed by atoms with E-state index in [0.717, 1.165) is 17.7 Å². The molecule has 1 saturated heterocycles. The minimum Gasteiger partial charge on any atom is -0.486 e. The Hall–Kier alpha value is -3.48. The molecule has 0 spiro atoms. The van der Waals surface area contributed by atoms with Crippen LogP contribution in [0.4, 0.5) is 15.9 Å². The summed E-state index contributed by atoms with van der Waals surface area (Å²) in [5.41, 5.74) is 3.17. The Morgan fingerprint density at radius 3 is 2.61 bits per heavy atom. The van der Waals surface area contributed by atoms with Gasteiger partial charge in [0.1, 0.15) is 29.2 Å². The van der Waals surface area contributed by atoms with E-state index in [1.165, 1.54) is 43.2 Å². The van der Waals surface area contributed by atoms with Gasteiger partial charge in [-0.15, -0.1) is 0 Å². The molecule has 2 heterocycles. The van der Waals surface area contributed by atoms with Crippen molar-refractivity contribution in [2.75, 3.05) is 23.3 Å². The van der Waals surface area contributed by atoms with Crippen molar-refractivity contribution in [2.45, 2.75) is 45.6 Å². The summed E-state index contributed by atoms with van der Waals surface area (Å²) in [6.07, 6.45) is 7.70. The molecule has 4 rings (SSSR count). The van der Waals surface area contributed by atoms with Crippen LogP contribution < -0.4 is 15.0 Å². The normalized spacial score (nSPS) is 13.5. The van der Waals surface area contributed by atoms with Crippen molar-refractivity contribution in [1.29, 1.82) is 0 Å². The summed E-state index contributed by atoms with van der Waals surface area (Å²) in [4.78, 5) is 23.2. The van der Waals surface area contributed by atoms with Crippen LogP contribution in [0.1, 0.15) is 47.8 Å². The number of hydrogen-bond acceptors (Lipinski definition) is 5. The zero-order valence-corrected chi connectivity index (χ0v) is 19.1. The van der Waals surface area contributed by atoms with E-state index in [0.29, 0.717) is 24.7 Å². The maximum absolute atomic E-state index is 13.4. The van der Waals surface area contributed by atoms with Gasteiger partial charge >= 0.3 is 0 Å². The molecule has 1 amide bonds. The molecular formula is C26H29FN4O2. The summed E-state index contributed by atoms with van der Waals surface area (Å²) < 4.78 is 19.3. The van der Waals surface area contributed by atoms with E-state index in [2.05, 4.69) is 22.2 Å². The summed E-state index contributed by atoms with van der Waals surface area (Å²) in [6, 6.07) is 12.5. The SMILES string of the molecule is CCCCCc1ccc(NC(=O)c2cnc(N3CC(Oc4cc(F)ccc4C)C3)cn2)cc1. The van der Waals surface area contributed by atoms with Gasteiger partial charge in [0.2, 0.25) is 0 Å². The number of aryl methyl sites for hydroxylation is 2. The number of amides is 1. The van der Waals surface area contributed by atoms with Gasteiger partial charge in [0.15, 0.2) is 0 Å². The molecule has 33 heavy (non-hydrogen) atoms. The molecule has 1 aromatic heterocycles. The van der Waals surface area contributed by atoms with Gasteiger partial charge in [0.25, 0.3) is 5.91 Å². The number of hydrogen-bond donors (Lipinski definition) is 1. The Morgan fingerprint density at radius 1 is 1.12 bits per heavy atom. The van der Waals surface area contributed by atoms with Gasteiger partial charge in [-0.3, -0.25) is 4.79 Å². The lowest BCUT2D eigenvalue weighted by Gasteiger charge is -2.39. The molecule has 1 fully saturated rings. The van der Waals surface area contributed by atoms with Crippen LogP contribution in [0.5, 0.6) is 5.75 Å². The second-order valence-electron chi connectivity index (χ2n) is 8.42. The molecule has 172 valence electrons. The second-order valence-corrected chi connectivity index (χ2v) is 8.42. The van der Waals surface area contributed by atoms with Crippen LogP contribution in [0.15, 0.2) is 54.9 Å². The summed E-state index contributed by atoms with van der Waals surface area (Å²) in [5, 5.41) is 2.87. The average Bonchev–Trinajstić information content (AvgIpc) is 2.79. The Kier molecular flexibility index (Phi) is 7.17. The zero-order valence-electron chi connectivity index (χ0n) is 19.1. The van der Waals surface area contributed by atoms with Crippen LogP contribution in [0.25, 0.3) is 0 Å². The van der Waals surface area contributed by atoms with Gasteiger partial charge in [-0.2, -0.15) is 0 Å². The van der Waals surface area contributed by atoms with Gasteiger partial charge in [0, 0.05) is 11.8 Å². The van der Waals surface area contributed by atoms with E-state index in [-0.39, 0.29) is 23.5 Å². The van der Waals surface area contributed by atoms with Gasteiger partial charge in [-0.1, -0.05) is 38.0 Å². The summed E-state index contributed by atoms with van der Waals surface area (Å²) >= 11 is 0. The quantitative estimate of drug-likeness (QED) is 0.457. The van der Waals surface area contributed by atoms with Crippen LogP contribution >= 0.6 is 0 Å². The number of benzene rings is 2. The Labute approximate surface area is 193 Å². The fourth-order valence-electron chi connectivity index (χ4n) is 3.71. The van der Waals surface area contributed by atoms with Crippen molar-refractivity contribution in [3.8, 4) is 5.75 Å². The number of halogens is 1. The molecule has 2 aromatic carbocycles. The third kappa shape index (κ3) is 5.86. The van der Waals surface area contributed by atoms with Gasteiger partial charge in [-0.05, 0) is 49.1 Å². The molecule has 1 aliphatic heterocycles. The predicted molar refractivity (Wildman–Crippen MR) is 127 cm³/mol. The van der Waals surface area contributed by atoms with Crippen molar-refractivity contribution >= 4 is 17.4 Å². The van der Waals surface area contributed by atoms with Gasteiger partial charge < -0.3 is 15.0 Å². The largest absolute Gasteiger partial charge is 0.486 e. The van der Waals surface area contributed by atoms with Gasteiger partial charge in [0.05, 0.1) is 25.5 Å². The fraction of sp³-hybridized carbons (Fsp3) is 0.346. The van der Waals surface area contributed by atoms with E-state index in [1.807, 2.05) is 36.1 Å². The first-order valence-corrected chi connectivity index (χ1v) is 11.4. The first kappa shape index (κ1) is 22.7. The number of carbonyl (C=O) groups excluding carboxylic acids is 1. The zero-order chi connectivity index (χ0) is 23.2. The summed E-state index contributed by atoms with van der Waals surface area (Å²) in [7, 11) is 0. The molecule has 0 bridgehead atoms. The van der Waals surface area contributed by atoms with E-state index < -0.39 is 0 Å². The lowest BCUT2D eigenvalue weighted by molar-refractivity contribution is 0.102.